The Bertz CT molecular complexity index is 1030. The average molecular weight is 411 g/mol. The van der Waals surface area contributed by atoms with Crippen LogP contribution in [0.1, 0.15) is 28.8 Å². The summed E-state index contributed by atoms with van der Waals surface area (Å²) in [5.41, 5.74) is 1.25. The zero-order valence-electron chi connectivity index (χ0n) is 15.9. The highest BCUT2D eigenvalue weighted by molar-refractivity contribution is 7.83. The van der Waals surface area contributed by atoms with Crippen LogP contribution in [0.15, 0.2) is 65.8 Å². The van der Waals surface area contributed by atoms with Gasteiger partial charge in [0.15, 0.2) is 11.0 Å². The van der Waals surface area contributed by atoms with Crippen LogP contribution in [0.4, 0.5) is 0 Å². The molecule has 1 aliphatic carbocycles. The van der Waals surface area contributed by atoms with Crippen LogP contribution in [0, 0.1) is 0 Å². The van der Waals surface area contributed by atoms with Crippen LogP contribution < -0.4 is 14.2 Å². The predicted molar refractivity (Wildman–Crippen MR) is 108 cm³/mol. The number of carbonyl (C=O) groups is 1. The van der Waals surface area contributed by atoms with E-state index < -0.39 is 16.9 Å². The zero-order valence-corrected chi connectivity index (χ0v) is 16.7. The fourth-order valence-electron chi connectivity index (χ4n) is 2.85. The predicted octanol–water partition coefficient (Wildman–Crippen LogP) is 2.93. The maximum Gasteiger partial charge on any atom is 0.263 e. The maximum atomic E-state index is 12.7. The van der Waals surface area contributed by atoms with E-state index in [1.165, 1.54) is 0 Å². The van der Waals surface area contributed by atoms with Gasteiger partial charge in [0.25, 0.3) is 5.91 Å². The Morgan fingerprint density at radius 1 is 1.21 bits per heavy atom. The standard InChI is InChI=1S/C21H21N3O4S/c1-27-19-13-15(7-8-16(19)14-24-12-4-11-22-24)21(25)23-29(26)20-6-3-2-5-18(20)28-17-9-10-17/h2-8,11-13,17H,9-10,14H2,1H3,(H,23,25). The molecular formula is C21H21N3O4S. The Morgan fingerprint density at radius 2 is 2.03 bits per heavy atom. The van der Waals surface area contributed by atoms with Crippen molar-refractivity contribution in [2.75, 3.05) is 7.11 Å². The summed E-state index contributed by atoms with van der Waals surface area (Å²) in [5, 5.41) is 4.18. The van der Waals surface area contributed by atoms with E-state index in [9.17, 15) is 9.00 Å². The van der Waals surface area contributed by atoms with Crippen molar-refractivity contribution in [3.8, 4) is 11.5 Å². The maximum absolute atomic E-state index is 12.7. The van der Waals surface area contributed by atoms with Crippen molar-refractivity contribution >= 4 is 16.9 Å². The summed E-state index contributed by atoms with van der Waals surface area (Å²) < 4.78 is 28.3. The second kappa shape index (κ2) is 8.48. The van der Waals surface area contributed by atoms with Crippen LogP contribution in [0.2, 0.25) is 0 Å². The fraction of sp³-hybridized carbons (Fsp3) is 0.238. The number of benzene rings is 2. The van der Waals surface area contributed by atoms with Crippen LogP contribution in [-0.4, -0.2) is 33.1 Å². The molecule has 150 valence electrons. The number of ether oxygens (including phenoxy) is 2. The summed E-state index contributed by atoms with van der Waals surface area (Å²) in [6, 6.07) is 14.0. The summed E-state index contributed by atoms with van der Waals surface area (Å²) >= 11 is 0. The number of rotatable bonds is 8. The van der Waals surface area contributed by atoms with E-state index >= 15 is 0 Å². The van der Waals surface area contributed by atoms with Gasteiger partial charge in [-0.25, -0.2) is 4.21 Å². The quantitative estimate of drug-likeness (QED) is 0.616. The molecule has 1 atom stereocenters. The first-order valence-corrected chi connectivity index (χ1v) is 10.4. The molecule has 1 unspecified atom stereocenters. The molecule has 1 amide bonds. The second-order valence-corrected chi connectivity index (χ2v) is 7.88. The van der Waals surface area contributed by atoms with Crippen LogP contribution in [0.5, 0.6) is 11.5 Å². The highest BCUT2D eigenvalue weighted by Gasteiger charge is 2.25. The molecule has 1 saturated carbocycles. The van der Waals surface area contributed by atoms with E-state index in [1.807, 2.05) is 24.4 Å². The van der Waals surface area contributed by atoms with E-state index in [4.69, 9.17) is 9.47 Å². The van der Waals surface area contributed by atoms with Gasteiger partial charge in [-0.1, -0.05) is 18.2 Å². The number of nitrogens with one attached hydrogen (secondary N) is 1. The number of hydrogen-bond acceptors (Lipinski definition) is 5. The number of methoxy groups -OCH3 is 1. The summed E-state index contributed by atoms with van der Waals surface area (Å²) in [4.78, 5) is 13.1. The lowest BCUT2D eigenvalue weighted by Crippen LogP contribution is -2.26. The highest BCUT2D eigenvalue weighted by atomic mass is 32.2. The largest absolute Gasteiger partial charge is 0.496 e. The molecule has 0 radical (unpaired) electrons. The molecule has 4 rings (SSSR count). The van der Waals surface area contributed by atoms with Crippen molar-refractivity contribution in [2.45, 2.75) is 30.4 Å². The molecule has 0 aliphatic heterocycles. The molecule has 0 saturated heterocycles. The normalized spacial score (nSPS) is 14.2. The van der Waals surface area contributed by atoms with Crippen molar-refractivity contribution < 1.29 is 18.5 Å². The van der Waals surface area contributed by atoms with Crippen molar-refractivity contribution in [2.24, 2.45) is 0 Å². The molecular weight excluding hydrogens is 390 g/mol. The number of amides is 1. The molecule has 0 bridgehead atoms. The third-order valence-electron chi connectivity index (χ3n) is 4.49. The SMILES string of the molecule is COc1cc(C(=O)NS(=O)c2ccccc2OC2CC2)ccc1Cn1cccn1. The molecule has 1 N–H and O–H groups in total. The minimum absolute atomic E-state index is 0.176. The van der Waals surface area contributed by atoms with Gasteiger partial charge in [0, 0.05) is 23.5 Å². The highest BCUT2D eigenvalue weighted by Crippen LogP contribution is 2.30. The minimum Gasteiger partial charge on any atom is -0.496 e. The van der Waals surface area contributed by atoms with E-state index in [-0.39, 0.29) is 6.10 Å². The monoisotopic (exact) mass is 411 g/mol. The number of nitrogens with zero attached hydrogens (tertiary/aromatic N) is 2. The molecule has 2 aromatic carbocycles. The molecule has 29 heavy (non-hydrogen) atoms. The third kappa shape index (κ3) is 4.65. The summed E-state index contributed by atoms with van der Waals surface area (Å²) in [5.74, 6) is 0.658. The first-order chi connectivity index (χ1) is 14.1. The first kappa shape index (κ1) is 19.2. The Morgan fingerprint density at radius 3 is 2.76 bits per heavy atom. The molecule has 1 fully saturated rings. The van der Waals surface area contributed by atoms with E-state index in [0.717, 1.165) is 18.4 Å². The Labute approximate surface area is 171 Å². The number of hydrogen-bond donors (Lipinski definition) is 1. The summed E-state index contributed by atoms with van der Waals surface area (Å²) in [7, 11) is -0.185. The minimum atomic E-state index is -1.73. The number of para-hydroxylation sites is 1. The average Bonchev–Trinajstić information content (AvgIpc) is 3.40. The van der Waals surface area contributed by atoms with Crippen molar-refractivity contribution in [3.63, 3.8) is 0 Å². The van der Waals surface area contributed by atoms with E-state index in [1.54, 1.807) is 48.3 Å². The van der Waals surface area contributed by atoms with Crippen LogP contribution >= 0.6 is 0 Å². The Hall–Kier alpha value is -3.13. The van der Waals surface area contributed by atoms with Gasteiger partial charge in [0.05, 0.1) is 19.8 Å². The second-order valence-electron chi connectivity index (χ2n) is 6.69. The van der Waals surface area contributed by atoms with Crippen molar-refractivity contribution in [1.29, 1.82) is 0 Å². The molecule has 1 aliphatic rings. The zero-order chi connectivity index (χ0) is 20.2. The fourth-order valence-corrected chi connectivity index (χ4v) is 3.75. The lowest BCUT2D eigenvalue weighted by Gasteiger charge is -2.13. The van der Waals surface area contributed by atoms with Crippen molar-refractivity contribution in [3.05, 3.63) is 72.1 Å². The molecule has 3 aromatic rings. The summed E-state index contributed by atoms with van der Waals surface area (Å²) in [6.45, 7) is 0.524. The van der Waals surface area contributed by atoms with Gasteiger partial charge in [-0.2, -0.15) is 5.10 Å². The number of carbonyl (C=O) groups excluding carboxylic acids is 1. The van der Waals surface area contributed by atoms with Gasteiger partial charge >= 0.3 is 0 Å². The van der Waals surface area contributed by atoms with E-state index in [2.05, 4.69) is 9.82 Å². The van der Waals surface area contributed by atoms with Crippen molar-refractivity contribution in [1.82, 2.24) is 14.5 Å². The molecule has 0 spiro atoms. The van der Waals surface area contributed by atoms with Gasteiger partial charge < -0.3 is 9.47 Å². The smallest absolute Gasteiger partial charge is 0.263 e. The molecule has 8 heteroatoms. The Kier molecular flexibility index (Phi) is 5.62. The lowest BCUT2D eigenvalue weighted by molar-refractivity contribution is 0.0982. The summed E-state index contributed by atoms with van der Waals surface area (Å²) in [6.07, 6.45) is 5.73. The van der Waals surface area contributed by atoms with Crippen LogP contribution in [0.25, 0.3) is 0 Å². The third-order valence-corrected chi connectivity index (χ3v) is 5.60. The van der Waals surface area contributed by atoms with Gasteiger partial charge in [-0.3, -0.25) is 14.2 Å². The lowest BCUT2D eigenvalue weighted by atomic mass is 10.1. The van der Waals surface area contributed by atoms with Crippen LogP contribution in [0.3, 0.4) is 0 Å². The van der Waals surface area contributed by atoms with Gasteiger partial charge in [-0.05, 0) is 43.2 Å². The molecule has 1 aromatic heterocycles. The molecule has 1 heterocycles. The van der Waals surface area contributed by atoms with E-state index in [0.29, 0.717) is 28.5 Å². The Balaban J connectivity index is 1.49. The topological polar surface area (TPSA) is 82.5 Å². The molecule has 7 nitrogen and oxygen atoms in total. The first-order valence-electron chi connectivity index (χ1n) is 9.27. The van der Waals surface area contributed by atoms with Gasteiger partial charge in [0.2, 0.25) is 0 Å². The number of aromatic nitrogens is 2. The van der Waals surface area contributed by atoms with Gasteiger partial charge in [0.1, 0.15) is 16.4 Å². The van der Waals surface area contributed by atoms with Gasteiger partial charge in [-0.15, -0.1) is 0 Å². The van der Waals surface area contributed by atoms with Crippen LogP contribution in [-0.2, 0) is 17.5 Å².